The van der Waals surface area contributed by atoms with Crippen LogP contribution in [0.15, 0.2) is 24.3 Å². The minimum Gasteiger partial charge on any atom is -0.380 e. The number of hydrogen-bond donors (Lipinski definition) is 2. The van der Waals surface area contributed by atoms with Crippen LogP contribution >= 0.6 is 0 Å². The van der Waals surface area contributed by atoms with Crippen LogP contribution in [0.1, 0.15) is 22.3 Å². The van der Waals surface area contributed by atoms with E-state index in [-0.39, 0.29) is 24.0 Å². The molecule has 1 aromatic carbocycles. The number of hydrogen-bond acceptors (Lipinski definition) is 4. The van der Waals surface area contributed by atoms with Crippen LogP contribution in [-0.2, 0) is 16.0 Å². The Morgan fingerprint density at radius 2 is 2.17 bits per heavy atom. The van der Waals surface area contributed by atoms with Gasteiger partial charge in [-0.1, -0.05) is 12.1 Å². The van der Waals surface area contributed by atoms with Gasteiger partial charge in [0.05, 0.1) is 12.1 Å². The van der Waals surface area contributed by atoms with Crippen LogP contribution in [0.5, 0.6) is 0 Å². The smallest absolute Gasteiger partial charge is 0.251 e. The predicted molar refractivity (Wildman–Crippen MR) is 88.4 cm³/mol. The fraction of sp³-hybridized carbons (Fsp3) is 0.529. The molecule has 6 nitrogen and oxygen atoms in total. The summed E-state index contributed by atoms with van der Waals surface area (Å²) in [4.78, 5) is 25.9. The second-order valence-corrected chi connectivity index (χ2v) is 5.87. The molecule has 23 heavy (non-hydrogen) atoms. The van der Waals surface area contributed by atoms with Crippen molar-refractivity contribution in [2.24, 2.45) is 0 Å². The van der Waals surface area contributed by atoms with E-state index in [1.54, 1.807) is 20.2 Å². The highest BCUT2D eigenvalue weighted by Gasteiger charge is 2.34. The van der Waals surface area contributed by atoms with Crippen molar-refractivity contribution in [2.45, 2.75) is 25.0 Å². The van der Waals surface area contributed by atoms with Crippen LogP contribution in [0, 0.1) is 0 Å². The number of amides is 2. The summed E-state index contributed by atoms with van der Waals surface area (Å²) in [6.45, 7) is 1.33. The Balaban J connectivity index is 1.83. The van der Waals surface area contributed by atoms with Gasteiger partial charge in [-0.25, -0.2) is 0 Å². The van der Waals surface area contributed by atoms with Crippen molar-refractivity contribution in [3.05, 3.63) is 35.4 Å². The first-order valence-corrected chi connectivity index (χ1v) is 7.87. The van der Waals surface area contributed by atoms with Gasteiger partial charge in [0.2, 0.25) is 5.91 Å². The first kappa shape index (κ1) is 17.4. The van der Waals surface area contributed by atoms with E-state index in [0.717, 1.165) is 18.5 Å². The summed E-state index contributed by atoms with van der Waals surface area (Å²) in [5.74, 6) is -0.0661. The normalized spacial score (nSPS) is 21.2. The van der Waals surface area contributed by atoms with Crippen molar-refractivity contribution in [3.8, 4) is 0 Å². The minimum absolute atomic E-state index is 0.0366. The summed E-state index contributed by atoms with van der Waals surface area (Å²) < 4.78 is 5.32. The number of carbonyl (C=O) groups excluding carboxylic acids is 2. The molecular weight excluding hydrogens is 294 g/mol. The molecule has 126 valence electrons. The first-order valence-electron chi connectivity index (χ1n) is 7.87. The molecule has 1 fully saturated rings. The van der Waals surface area contributed by atoms with Crippen molar-refractivity contribution in [3.63, 3.8) is 0 Å². The average Bonchev–Trinajstić information content (AvgIpc) is 2.95. The molecule has 2 rings (SSSR count). The number of nitrogens with zero attached hydrogens (tertiary/aromatic N) is 1. The number of likely N-dealkylation sites (tertiary alicyclic amines) is 1. The van der Waals surface area contributed by atoms with Crippen LogP contribution in [0.25, 0.3) is 0 Å². The molecule has 0 bridgehead atoms. The first-order chi connectivity index (χ1) is 11.0. The fourth-order valence-electron chi connectivity index (χ4n) is 2.89. The Hall–Kier alpha value is -1.92. The van der Waals surface area contributed by atoms with Crippen LogP contribution in [-0.4, -0.2) is 63.2 Å². The Bertz CT molecular complexity index is 562. The largest absolute Gasteiger partial charge is 0.380 e. The molecule has 1 aliphatic heterocycles. The van der Waals surface area contributed by atoms with Gasteiger partial charge in [-0.3, -0.25) is 14.5 Å². The van der Waals surface area contributed by atoms with E-state index in [1.807, 2.05) is 30.1 Å². The summed E-state index contributed by atoms with van der Waals surface area (Å²) in [6, 6.07) is 7.32. The van der Waals surface area contributed by atoms with Gasteiger partial charge in [0.15, 0.2) is 0 Å². The summed E-state index contributed by atoms with van der Waals surface area (Å²) in [5.41, 5.74) is 1.66. The second-order valence-electron chi connectivity index (χ2n) is 5.87. The van der Waals surface area contributed by atoms with Gasteiger partial charge in [0.1, 0.15) is 0 Å². The molecule has 2 amide bonds. The molecule has 0 radical (unpaired) electrons. The zero-order chi connectivity index (χ0) is 16.8. The SMILES string of the molecule is CNC(=O)c1cccc(CCNC(=O)[C@@H]2C[C@H](OC)CN2C)c1. The summed E-state index contributed by atoms with van der Waals surface area (Å²) in [5, 5.41) is 5.58. The third-order valence-electron chi connectivity index (χ3n) is 4.27. The molecule has 0 unspecified atom stereocenters. The minimum atomic E-state index is -0.128. The Labute approximate surface area is 137 Å². The lowest BCUT2D eigenvalue weighted by Crippen LogP contribution is -2.42. The van der Waals surface area contributed by atoms with Gasteiger partial charge < -0.3 is 15.4 Å². The van der Waals surface area contributed by atoms with Crippen LogP contribution in [0.2, 0.25) is 0 Å². The maximum Gasteiger partial charge on any atom is 0.251 e. The lowest BCUT2D eigenvalue weighted by Gasteiger charge is -2.18. The number of benzene rings is 1. The van der Waals surface area contributed by atoms with Crippen LogP contribution < -0.4 is 10.6 Å². The van der Waals surface area contributed by atoms with Crippen molar-refractivity contribution in [1.29, 1.82) is 0 Å². The van der Waals surface area contributed by atoms with Gasteiger partial charge in [-0.2, -0.15) is 0 Å². The third kappa shape index (κ3) is 4.53. The van der Waals surface area contributed by atoms with Crippen molar-refractivity contribution in [1.82, 2.24) is 15.5 Å². The Morgan fingerprint density at radius 1 is 1.39 bits per heavy atom. The van der Waals surface area contributed by atoms with Gasteiger partial charge in [0.25, 0.3) is 5.91 Å². The standard InChI is InChI=1S/C17H25N3O3/c1-18-16(21)13-6-4-5-12(9-13)7-8-19-17(22)15-10-14(23-3)11-20(15)2/h4-6,9,14-15H,7-8,10-11H2,1-3H3,(H,18,21)(H,19,22)/t14-,15-/m0/s1. The number of likely N-dealkylation sites (N-methyl/N-ethyl adjacent to an activating group) is 1. The lowest BCUT2D eigenvalue weighted by molar-refractivity contribution is -0.125. The molecule has 0 aromatic heterocycles. The van der Waals surface area contributed by atoms with Crippen molar-refractivity contribution < 1.29 is 14.3 Å². The molecule has 2 atom stereocenters. The van der Waals surface area contributed by atoms with E-state index < -0.39 is 0 Å². The Kier molecular flexibility index (Phi) is 6.12. The molecule has 1 saturated heterocycles. The topological polar surface area (TPSA) is 70.7 Å². The highest BCUT2D eigenvalue weighted by molar-refractivity contribution is 5.94. The van der Waals surface area contributed by atoms with Gasteiger partial charge in [-0.15, -0.1) is 0 Å². The van der Waals surface area contributed by atoms with E-state index in [1.165, 1.54) is 0 Å². The number of methoxy groups -OCH3 is 1. The molecule has 1 aromatic rings. The molecule has 6 heteroatoms. The third-order valence-corrected chi connectivity index (χ3v) is 4.27. The molecular formula is C17H25N3O3. The van der Waals surface area contributed by atoms with Gasteiger partial charge >= 0.3 is 0 Å². The van der Waals surface area contributed by atoms with Crippen molar-refractivity contribution in [2.75, 3.05) is 34.3 Å². The summed E-state index contributed by atoms with van der Waals surface area (Å²) >= 11 is 0. The predicted octanol–water partition coefficient (Wildman–Crippen LogP) is 0.424. The summed E-state index contributed by atoms with van der Waals surface area (Å²) in [7, 11) is 5.23. The fourth-order valence-corrected chi connectivity index (χ4v) is 2.89. The number of rotatable bonds is 6. The van der Waals surface area contributed by atoms with E-state index in [2.05, 4.69) is 10.6 Å². The maximum atomic E-state index is 12.3. The molecule has 0 aliphatic carbocycles. The van der Waals surface area contributed by atoms with Crippen molar-refractivity contribution >= 4 is 11.8 Å². The average molecular weight is 319 g/mol. The van der Waals surface area contributed by atoms with Gasteiger partial charge in [-0.05, 0) is 37.6 Å². The molecule has 0 saturated carbocycles. The number of nitrogens with one attached hydrogen (secondary N) is 2. The lowest BCUT2D eigenvalue weighted by atomic mass is 10.1. The molecule has 0 spiro atoms. The van der Waals surface area contributed by atoms with E-state index in [9.17, 15) is 9.59 Å². The van der Waals surface area contributed by atoms with Crippen LogP contribution in [0.4, 0.5) is 0 Å². The van der Waals surface area contributed by atoms with Crippen LogP contribution in [0.3, 0.4) is 0 Å². The second kappa shape index (κ2) is 8.08. The van der Waals surface area contributed by atoms with E-state index in [0.29, 0.717) is 18.5 Å². The Morgan fingerprint density at radius 3 is 2.83 bits per heavy atom. The van der Waals surface area contributed by atoms with Gasteiger partial charge in [0, 0.05) is 32.8 Å². The monoisotopic (exact) mass is 319 g/mol. The highest BCUT2D eigenvalue weighted by Crippen LogP contribution is 2.18. The zero-order valence-electron chi connectivity index (χ0n) is 14.0. The van der Waals surface area contributed by atoms with E-state index >= 15 is 0 Å². The molecule has 1 aliphatic rings. The zero-order valence-corrected chi connectivity index (χ0v) is 14.0. The summed E-state index contributed by atoms with van der Waals surface area (Å²) in [6.07, 6.45) is 1.55. The number of carbonyl (C=O) groups is 2. The maximum absolute atomic E-state index is 12.3. The van der Waals surface area contributed by atoms with E-state index in [4.69, 9.17) is 4.74 Å². The highest BCUT2D eigenvalue weighted by atomic mass is 16.5. The molecule has 1 heterocycles. The number of ether oxygens (including phenoxy) is 1. The molecule has 2 N–H and O–H groups in total. The quantitative estimate of drug-likeness (QED) is 0.797.